The monoisotopic (exact) mass is 271 g/mol. The molecule has 1 unspecified atom stereocenters. The van der Waals surface area contributed by atoms with Crippen LogP contribution in [0.5, 0.6) is 0 Å². The molecule has 0 aliphatic heterocycles. The number of benzene rings is 1. The van der Waals surface area contributed by atoms with Crippen LogP contribution in [0.3, 0.4) is 0 Å². The number of rotatable bonds is 3. The Bertz CT molecular complexity index is 618. The second kappa shape index (κ2) is 5.41. The molecule has 2 aromatic rings. The van der Waals surface area contributed by atoms with Crippen molar-refractivity contribution in [1.82, 2.24) is 0 Å². The van der Waals surface area contributed by atoms with Gasteiger partial charge in [-0.25, -0.2) is 4.79 Å². The lowest BCUT2D eigenvalue weighted by Gasteiger charge is -2.24. The molecule has 1 atom stereocenters. The van der Waals surface area contributed by atoms with E-state index in [9.17, 15) is 4.79 Å². The summed E-state index contributed by atoms with van der Waals surface area (Å²) in [5.41, 5.74) is 2.56. The lowest BCUT2D eigenvalue weighted by atomic mass is 9.93. The summed E-state index contributed by atoms with van der Waals surface area (Å²) in [6, 6.07) is 9.61. The van der Waals surface area contributed by atoms with E-state index < -0.39 is 0 Å². The average molecular weight is 271 g/mol. The van der Waals surface area contributed by atoms with Crippen molar-refractivity contribution in [2.24, 2.45) is 0 Å². The molecule has 1 heterocycles. The van der Waals surface area contributed by atoms with Crippen LogP contribution in [0.15, 0.2) is 41.0 Å². The Morgan fingerprint density at radius 3 is 3.05 bits per heavy atom. The van der Waals surface area contributed by atoms with E-state index in [1.54, 1.807) is 12.3 Å². The highest BCUT2D eigenvalue weighted by atomic mass is 16.5. The van der Waals surface area contributed by atoms with Gasteiger partial charge < -0.3 is 14.5 Å². The van der Waals surface area contributed by atoms with Gasteiger partial charge in [-0.2, -0.15) is 0 Å². The predicted molar refractivity (Wildman–Crippen MR) is 75.8 cm³/mol. The molecule has 0 fully saturated rings. The zero-order valence-electron chi connectivity index (χ0n) is 11.4. The van der Waals surface area contributed by atoms with Gasteiger partial charge in [0.1, 0.15) is 5.76 Å². The molecule has 0 spiro atoms. The summed E-state index contributed by atoms with van der Waals surface area (Å²) >= 11 is 0. The molecule has 1 aromatic heterocycles. The molecule has 1 aliphatic carbocycles. The molecule has 0 radical (unpaired) electrons. The van der Waals surface area contributed by atoms with Gasteiger partial charge in [0.15, 0.2) is 0 Å². The van der Waals surface area contributed by atoms with Gasteiger partial charge in [0.25, 0.3) is 0 Å². The number of esters is 1. The Kier molecular flexibility index (Phi) is 3.46. The summed E-state index contributed by atoms with van der Waals surface area (Å²) in [6.07, 6.45) is 4.83. The first-order valence-electron chi connectivity index (χ1n) is 6.79. The number of hydrogen-bond donors (Lipinski definition) is 1. The molecule has 1 aromatic carbocycles. The Morgan fingerprint density at radius 2 is 2.20 bits per heavy atom. The van der Waals surface area contributed by atoms with Crippen LogP contribution in [0.2, 0.25) is 0 Å². The fourth-order valence-corrected chi connectivity index (χ4v) is 2.72. The Labute approximate surface area is 117 Å². The number of aryl methyl sites for hydroxylation is 1. The quantitative estimate of drug-likeness (QED) is 0.867. The number of hydrogen-bond acceptors (Lipinski definition) is 4. The van der Waals surface area contributed by atoms with E-state index in [2.05, 4.69) is 5.32 Å². The first kappa shape index (κ1) is 12.8. The second-order valence-corrected chi connectivity index (χ2v) is 4.93. The Hall–Kier alpha value is -2.23. The average Bonchev–Trinajstić information content (AvgIpc) is 2.96. The summed E-state index contributed by atoms with van der Waals surface area (Å²) in [4.78, 5) is 11.8. The molecule has 4 nitrogen and oxygen atoms in total. The summed E-state index contributed by atoms with van der Waals surface area (Å²) in [5.74, 6) is 0.723. The first-order valence-corrected chi connectivity index (χ1v) is 6.79. The van der Waals surface area contributed by atoms with Crippen LogP contribution >= 0.6 is 0 Å². The van der Waals surface area contributed by atoms with E-state index >= 15 is 0 Å². The van der Waals surface area contributed by atoms with E-state index in [-0.39, 0.29) is 12.0 Å². The smallest absolute Gasteiger partial charge is 0.339 e. The summed E-state index contributed by atoms with van der Waals surface area (Å²) in [5, 5.41) is 3.45. The predicted octanol–water partition coefficient (Wildman–Crippen LogP) is 3.56. The van der Waals surface area contributed by atoms with Gasteiger partial charge in [-0.3, -0.25) is 0 Å². The van der Waals surface area contributed by atoms with Crippen molar-refractivity contribution in [3.63, 3.8) is 0 Å². The summed E-state index contributed by atoms with van der Waals surface area (Å²) < 4.78 is 10.3. The SMILES string of the molecule is COC(=O)c1ccccc1NC1CCCc2occc21. The van der Waals surface area contributed by atoms with E-state index in [1.807, 2.05) is 24.3 Å². The number of para-hydroxylation sites is 1. The minimum atomic E-state index is -0.323. The number of methoxy groups -OCH3 is 1. The molecular formula is C16H17NO3. The van der Waals surface area contributed by atoms with Gasteiger partial charge in [-0.1, -0.05) is 12.1 Å². The molecular weight excluding hydrogens is 254 g/mol. The van der Waals surface area contributed by atoms with Gasteiger partial charge in [-0.05, 0) is 31.0 Å². The third-order valence-corrected chi connectivity index (χ3v) is 3.71. The van der Waals surface area contributed by atoms with Crippen LogP contribution in [0, 0.1) is 0 Å². The first-order chi connectivity index (χ1) is 9.79. The van der Waals surface area contributed by atoms with Crippen molar-refractivity contribution in [2.45, 2.75) is 25.3 Å². The number of carbonyl (C=O) groups is 1. The van der Waals surface area contributed by atoms with Crippen LogP contribution in [0.1, 0.15) is 40.6 Å². The van der Waals surface area contributed by atoms with E-state index in [0.29, 0.717) is 5.56 Å². The number of furan rings is 1. The molecule has 4 heteroatoms. The minimum absolute atomic E-state index is 0.184. The fourth-order valence-electron chi connectivity index (χ4n) is 2.72. The van der Waals surface area contributed by atoms with Gasteiger partial charge in [0.05, 0.1) is 25.0 Å². The summed E-state index contributed by atoms with van der Waals surface area (Å²) in [6.45, 7) is 0. The Balaban J connectivity index is 1.88. The van der Waals surface area contributed by atoms with Crippen molar-refractivity contribution >= 4 is 11.7 Å². The van der Waals surface area contributed by atoms with Gasteiger partial charge in [-0.15, -0.1) is 0 Å². The summed E-state index contributed by atoms with van der Waals surface area (Å²) in [7, 11) is 1.40. The van der Waals surface area contributed by atoms with Crippen LogP contribution in [-0.4, -0.2) is 13.1 Å². The highest BCUT2D eigenvalue weighted by Gasteiger charge is 2.23. The maximum Gasteiger partial charge on any atom is 0.339 e. The van der Waals surface area contributed by atoms with Crippen LogP contribution < -0.4 is 5.32 Å². The molecule has 0 saturated heterocycles. The van der Waals surface area contributed by atoms with Crippen molar-refractivity contribution in [1.29, 1.82) is 0 Å². The molecule has 20 heavy (non-hydrogen) atoms. The van der Waals surface area contributed by atoms with Crippen molar-refractivity contribution in [3.8, 4) is 0 Å². The number of fused-ring (bicyclic) bond motifs is 1. The number of carbonyl (C=O) groups excluding carboxylic acids is 1. The molecule has 0 bridgehead atoms. The zero-order valence-corrected chi connectivity index (χ0v) is 11.4. The maximum absolute atomic E-state index is 11.8. The highest BCUT2D eigenvalue weighted by Crippen LogP contribution is 2.34. The van der Waals surface area contributed by atoms with Crippen LogP contribution in [-0.2, 0) is 11.2 Å². The zero-order chi connectivity index (χ0) is 13.9. The minimum Gasteiger partial charge on any atom is -0.469 e. The molecule has 3 rings (SSSR count). The fraction of sp³-hybridized carbons (Fsp3) is 0.312. The van der Waals surface area contributed by atoms with Gasteiger partial charge >= 0.3 is 5.97 Å². The maximum atomic E-state index is 11.8. The number of ether oxygens (including phenoxy) is 1. The van der Waals surface area contributed by atoms with Crippen molar-refractivity contribution < 1.29 is 13.9 Å². The van der Waals surface area contributed by atoms with Crippen molar-refractivity contribution in [2.75, 3.05) is 12.4 Å². The lowest BCUT2D eigenvalue weighted by molar-refractivity contribution is 0.0602. The van der Waals surface area contributed by atoms with Crippen LogP contribution in [0.25, 0.3) is 0 Å². The van der Waals surface area contributed by atoms with E-state index in [1.165, 1.54) is 12.7 Å². The molecule has 1 N–H and O–H groups in total. The third kappa shape index (κ3) is 2.29. The Morgan fingerprint density at radius 1 is 1.35 bits per heavy atom. The number of anilines is 1. The topological polar surface area (TPSA) is 51.5 Å². The molecule has 104 valence electrons. The van der Waals surface area contributed by atoms with Gasteiger partial charge in [0, 0.05) is 17.7 Å². The largest absolute Gasteiger partial charge is 0.469 e. The lowest BCUT2D eigenvalue weighted by Crippen LogP contribution is -2.17. The second-order valence-electron chi connectivity index (χ2n) is 4.93. The van der Waals surface area contributed by atoms with Crippen molar-refractivity contribution in [3.05, 3.63) is 53.5 Å². The molecule has 0 saturated carbocycles. The van der Waals surface area contributed by atoms with E-state index in [0.717, 1.165) is 30.7 Å². The normalized spacial score (nSPS) is 17.4. The highest BCUT2D eigenvalue weighted by molar-refractivity contribution is 5.95. The molecule has 0 amide bonds. The van der Waals surface area contributed by atoms with E-state index in [4.69, 9.17) is 9.15 Å². The van der Waals surface area contributed by atoms with Gasteiger partial charge in [0.2, 0.25) is 0 Å². The molecule has 1 aliphatic rings. The standard InChI is InChI=1S/C16H17NO3/c1-19-16(18)12-5-2-3-6-14(12)17-13-7-4-8-15-11(13)9-10-20-15/h2-3,5-6,9-10,13,17H,4,7-8H2,1H3. The third-order valence-electron chi connectivity index (χ3n) is 3.71. The number of nitrogens with one attached hydrogen (secondary N) is 1. The van der Waals surface area contributed by atoms with Crippen LogP contribution in [0.4, 0.5) is 5.69 Å².